The fourth-order valence-corrected chi connectivity index (χ4v) is 3.89. The highest BCUT2D eigenvalue weighted by molar-refractivity contribution is 7.92. The standard InChI is InChI=1S/C12H21NO5S/c1-9(2)6-19(17,18)7-10(14)13-5-4-12(3,8-13)11(15)16/h9H,4-8H2,1-3H3,(H,15,16)/t12-/m0/s1. The molecule has 0 radical (unpaired) electrons. The van der Waals surface area contributed by atoms with Crippen LogP contribution in [-0.4, -0.2) is 54.9 Å². The Balaban J connectivity index is 2.65. The van der Waals surface area contributed by atoms with E-state index >= 15 is 0 Å². The number of rotatable bonds is 5. The van der Waals surface area contributed by atoms with Gasteiger partial charge in [-0.1, -0.05) is 13.8 Å². The second kappa shape index (κ2) is 5.48. The van der Waals surface area contributed by atoms with Crippen molar-refractivity contribution in [3.63, 3.8) is 0 Å². The van der Waals surface area contributed by atoms with Gasteiger partial charge in [-0.3, -0.25) is 9.59 Å². The van der Waals surface area contributed by atoms with E-state index in [1.165, 1.54) is 4.90 Å². The van der Waals surface area contributed by atoms with E-state index in [0.29, 0.717) is 13.0 Å². The van der Waals surface area contributed by atoms with Gasteiger partial charge in [0.15, 0.2) is 9.84 Å². The Bertz CT molecular complexity index is 471. The van der Waals surface area contributed by atoms with E-state index < -0.39 is 32.9 Å². The Morgan fingerprint density at radius 3 is 2.37 bits per heavy atom. The summed E-state index contributed by atoms with van der Waals surface area (Å²) in [4.78, 5) is 24.3. The third-order valence-corrected chi connectivity index (χ3v) is 5.13. The lowest BCUT2D eigenvalue weighted by molar-refractivity contribution is -0.147. The van der Waals surface area contributed by atoms with Crippen LogP contribution in [0.5, 0.6) is 0 Å². The molecular weight excluding hydrogens is 270 g/mol. The maximum absolute atomic E-state index is 11.9. The third kappa shape index (κ3) is 4.19. The predicted molar refractivity (Wildman–Crippen MR) is 70.4 cm³/mol. The molecule has 1 fully saturated rings. The van der Waals surface area contributed by atoms with Crippen LogP contribution in [0.3, 0.4) is 0 Å². The van der Waals surface area contributed by atoms with Gasteiger partial charge >= 0.3 is 5.97 Å². The summed E-state index contributed by atoms with van der Waals surface area (Å²) >= 11 is 0. The van der Waals surface area contributed by atoms with Gasteiger partial charge in [-0.15, -0.1) is 0 Å². The number of hydrogen-bond acceptors (Lipinski definition) is 4. The Morgan fingerprint density at radius 2 is 1.95 bits per heavy atom. The molecule has 0 aromatic carbocycles. The molecule has 1 aliphatic heterocycles. The van der Waals surface area contributed by atoms with Crippen LogP contribution in [-0.2, 0) is 19.4 Å². The van der Waals surface area contributed by atoms with E-state index in [1.54, 1.807) is 20.8 Å². The number of carbonyl (C=O) groups excluding carboxylic acids is 1. The van der Waals surface area contributed by atoms with Crippen molar-refractivity contribution in [1.29, 1.82) is 0 Å². The maximum atomic E-state index is 11.9. The number of carboxylic acids is 1. The summed E-state index contributed by atoms with van der Waals surface area (Å²) in [6, 6.07) is 0. The lowest BCUT2D eigenvalue weighted by atomic mass is 9.90. The fraction of sp³-hybridized carbons (Fsp3) is 0.833. The Kier molecular flexibility index (Phi) is 4.60. The quantitative estimate of drug-likeness (QED) is 0.790. The first-order valence-corrected chi connectivity index (χ1v) is 8.09. The van der Waals surface area contributed by atoms with Crippen LogP contribution < -0.4 is 0 Å². The summed E-state index contributed by atoms with van der Waals surface area (Å²) in [7, 11) is -3.41. The van der Waals surface area contributed by atoms with E-state index in [1.807, 2.05) is 0 Å². The molecule has 1 atom stereocenters. The lowest BCUT2D eigenvalue weighted by Crippen LogP contribution is -2.38. The van der Waals surface area contributed by atoms with Crippen molar-refractivity contribution < 1.29 is 23.1 Å². The Hall–Kier alpha value is -1.11. The van der Waals surface area contributed by atoms with Gasteiger partial charge in [0.1, 0.15) is 5.75 Å². The van der Waals surface area contributed by atoms with Crippen molar-refractivity contribution in [3.8, 4) is 0 Å². The highest BCUT2D eigenvalue weighted by Gasteiger charge is 2.42. The number of sulfone groups is 1. The predicted octanol–water partition coefficient (Wildman–Crippen LogP) is 0.380. The molecular formula is C12H21NO5S. The molecule has 1 amide bonds. The second-order valence-electron chi connectivity index (χ2n) is 5.88. The van der Waals surface area contributed by atoms with Gasteiger partial charge in [-0.2, -0.15) is 0 Å². The zero-order valence-electron chi connectivity index (χ0n) is 11.5. The lowest BCUT2D eigenvalue weighted by Gasteiger charge is -2.20. The van der Waals surface area contributed by atoms with Crippen molar-refractivity contribution in [1.82, 2.24) is 4.90 Å². The minimum atomic E-state index is -3.41. The molecule has 0 bridgehead atoms. The molecule has 0 saturated carbocycles. The first-order valence-electron chi connectivity index (χ1n) is 6.27. The molecule has 1 saturated heterocycles. The molecule has 0 aromatic rings. The molecule has 1 aliphatic rings. The van der Waals surface area contributed by atoms with Gasteiger partial charge in [0.05, 0.1) is 11.2 Å². The number of carbonyl (C=O) groups is 2. The Morgan fingerprint density at radius 1 is 1.37 bits per heavy atom. The van der Waals surface area contributed by atoms with Gasteiger partial charge < -0.3 is 10.0 Å². The van der Waals surface area contributed by atoms with Crippen LogP contribution in [0.2, 0.25) is 0 Å². The number of aliphatic carboxylic acids is 1. The van der Waals surface area contributed by atoms with Crippen molar-refractivity contribution in [2.24, 2.45) is 11.3 Å². The van der Waals surface area contributed by atoms with Crippen LogP contribution in [0.15, 0.2) is 0 Å². The van der Waals surface area contributed by atoms with Crippen molar-refractivity contribution in [2.45, 2.75) is 27.2 Å². The van der Waals surface area contributed by atoms with Crippen molar-refractivity contribution in [2.75, 3.05) is 24.6 Å². The van der Waals surface area contributed by atoms with E-state index in [2.05, 4.69) is 0 Å². The van der Waals surface area contributed by atoms with Crippen molar-refractivity contribution >= 4 is 21.7 Å². The zero-order chi connectivity index (χ0) is 14.8. The minimum absolute atomic E-state index is 0.0250. The first kappa shape index (κ1) is 15.9. The summed E-state index contributed by atoms with van der Waals surface area (Å²) in [5.41, 5.74) is -0.961. The molecule has 110 valence electrons. The van der Waals surface area contributed by atoms with Gasteiger partial charge in [0.2, 0.25) is 5.91 Å². The average molecular weight is 291 g/mol. The number of likely N-dealkylation sites (tertiary alicyclic amines) is 1. The van der Waals surface area contributed by atoms with Crippen LogP contribution in [0.25, 0.3) is 0 Å². The van der Waals surface area contributed by atoms with E-state index in [0.717, 1.165) is 0 Å². The summed E-state index contributed by atoms with van der Waals surface area (Å²) in [5, 5.41) is 9.07. The summed E-state index contributed by atoms with van der Waals surface area (Å²) in [6.45, 7) is 5.52. The molecule has 1 rings (SSSR count). The molecule has 0 aliphatic carbocycles. The van der Waals surface area contributed by atoms with Crippen LogP contribution in [0.4, 0.5) is 0 Å². The summed E-state index contributed by atoms with van der Waals surface area (Å²) in [6.07, 6.45) is 0.359. The Labute approximate surface area is 113 Å². The molecule has 1 N–H and O–H groups in total. The normalized spacial score (nSPS) is 23.9. The maximum Gasteiger partial charge on any atom is 0.311 e. The van der Waals surface area contributed by atoms with E-state index in [-0.39, 0.29) is 18.2 Å². The zero-order valence-corrected chi connectivity index (χ0v) is 12.4. The molecule has 19 heavy (non-hydrogen) atoms. The fourth-order valence-electron chi connectivity index (χ4n) is 2.19. The highest BCUT2D eigenvalue weighted by atomic mass is 32.2. The van der Waals surface area contributed by atoms with Gasteiger partial charge in [-0.25, -0.2) is 8.42 Å². The number of amides is 1. The summed E-state index contributed by atoms with van der Waals surface area (Å²) in [5.74, 6) is -2.02. The molecule has 7 heteroatoms. The molecule has 6 nitrogen and oxygen atoms in total. The van der Waals surface area contributed by atoms with E-state index in [9.17, 15) is 18.0 Å². The smallest absolute Gasteiger partial charge is 0.311 e. The van der Waals surface area contributed by atoms with Crippen LogP contribution >= 0.6 is 0 Å². The molecule has 1 heterocycles. The van der Waals surface area contributed by atoms with Crippen LogP contribution in [0.1, 0.15) is 27.2 Å². The monoisotopic (exact) mass is 291 g/mol. The largest absolute Gasteiger partial charge is 0.481 e. The number of hydrogen-bond donors (Lipinski definition) is 1. The number of nitrogens with zero attached hydrogens (tertiary/aromatic N) is 1. The first-order chi connectivity index (χ1) is 8.56. The topological polar surface area (TPSA) is 91.8 Å². The average Bonchev–Trinajstić information content (AvgIpc) is 2.59. The van der Waals surface area contributed by atoms with Gasteiger partial charge in [-0.05, 0) is 19.3 Å². The van der Waals surface area contributed by atoms with E-state index in [4.69, 9.17) is 5.11 Å². The van der Waals surface area contributed by atoms with Gasteiger partial charge in [0, 0.05) is 13.1 Å². The molecule has 0 unspecified atom stereocenters. The minimum Gasteiger partial charge on any atom is -0.481 e. The molecule has 0 aromatic heterocycles. The highest BCUT2D eigenvalue weighted by Crippen LogP contribution is 2.30. The van der Waals surface area contributed by atoms with Crippen molar-refractivity contribution in [3.05, 3.63) is 0 Å². The second-order valence-corrected chi connectivity index (χ2v) is 7.99. The molecule has 0 spiro atoms. The van der Waals surface area contributed by atoms with Gasteiger partial charge in [0.25, 0.3) is 0 Å². The number of carboxylic acid groups (broad SMARTS) is 1. The van der Waals surface area contributed by atoms with Crippen LogP contribution in [0, 0.1) is 11.3 Å². The SMILES string of the molecule is CC(C)CS(=O)(=O)CC(=O)N1CC[C@](C)(C(=O)O)C1. The summed E-state index contributed by atoms with van der Waals surface area (Å²) < 4.78 is 23.5. The third-order valence-electron chi connectivity index (χ3n) is 3.27.